The fourth-order valence-corrected chi connectivity index (χ4v) is 1.34. The zero-order valence-corrected chi connectivity index (χ0v) is 7.48. The zero-order valence-electron chi connectivity index (χ0n) is 6.66. The van der Waals surface area contributed by atoms with Crippen LogP contribution in [0.3, 0.4) is 0 Å². The molecule has 0 aliphatic rings. The molecule has 0 saturated heterocycles. The van der Waals surface area contributed by atoms with Gasteiger partial charge < -0.3 is 4.98 Å². The van der Waals surface area contributed by atoms with Crippen molar-refractivity contribution in [2.24, 2.45) is 0 Å². The van der Waals surface area contributed by atoms with Gasteiger partial charge in [0, 0.05) is 17.1 Å². The third kappa shape index (κ3) is 1.23. The van der Waals surface area contributed by atoms with Crippen LogP contribution in [0.4, 0.5) is 0 Å². The van der Waals surface area contributed by atoms with Crippen LogP contribution in [-0.4, -0.2) is 9.97 Å². The topological polar surface area (TPSA) is 28.7 Å². The minimum atomic E-state index is 0.534. The summed E-state index contributed by atoms with van der Waals surface area (Å²) in [6.45, 7) is 2.06. The molecule has 0 radical (unpaired) electrons. The highest BCUT2D eigenvalue weighted by Gasteiger charge is 1.92. The molecule has 0 aliphatic heterocycles. The highest BCUT2D eigenvalue weighted by molar-refractivity contribution is 7.71. The lowest BCUT2D eigenvalue weighted by Crippen LogP contribution is -1.83. The summed E-state index contributed by atoms with van der Waals surface area (Å²) in [6.07, 6.45) is 1.79. The lowest BCUT2D eigenvalue weighted by molar-refractivity contribution is 1.18. The maximum absolute atomic E-state index is 4.91. The van der Waals surface area contributed by atoms with Crippen molar-refractivity contribution in [3.8, 4) is 0 Å². The summed E-state index contributed by atoms with van der Waals surface area (Å²) in [4.78, 5) is 7.03. The molecular formula is C9H8N2S. The Hall–Kier alpha value is -1.22. The number of aromatic nitrogens is 2. The van der Waals surface area contributed by atoms with E-state index in [0.717, 1.165) is 10.9 Å². The fourth-order valence-electron chi connectivity index (χ4n) is 1.18. The van der Waals surface area contributed by atoms with Crippen molar-refractivity contribution in [3.05, 3.63) is 34.7 Å². The third-order valence-corrected chi connectivity index (χ3v) is 1.98. The van der Waals surface area contributed by atoms with Gasteiger partial charge in [0.25, 0.3) is 0 Å². The van der Waals surface area contributed by atoms with E-state index in [1.165, 1.54) is 5.56 Å². The van der Waals surface area contributed by atoms with Gasteiger partial charge in [-0.3, -0.25) is 0 Å². The summed E-state index contributed by atoms with van der Waals surface area (Å²) in [6, 6.07) is 6.14. The third-order valence-electron chi connectivity index (χ3n) is 1.77. The van der Waals surface area contributed by atoms with E-state index in [-0.39, 0.29) is 0 Å². The van der Waals surface area contributed by atoms with Crippen LogP contribution in [0.5, 0.6) is 0 Å². The Bertz CT molecular complexity index is 473. The molecule has 2 rings (SSSR count). The number of hydrogen-bond donors (Lipinski definition) is 1. The van der Waals surface area contributed by atoms with E-state index in [1.54, 1.807) is 6.20 Å². The highest BCUT2D eigenvalue weighted by atomic mass is 32.1. The lowest BCUT2D eigenvalue weighted by Gasteiger charge is -1.97. The average molecular weight is 176 g/mol. The molecule has 2 nitrogen and oxygen atoms in total. The van der Waals surface area contributed by atoms with Crippen molar-refractivity contribution < 1.29 is 0 Å². The summed E-state index contributed by atoms with van der Waals surface area (Å²) in [5.74, 6) is 0. The Kier molecular flexibility index (Phi) is 1.66. The predicted octanol–water partition coefficient (Wildman–Crippen LogP) is 2.60. The first-order valence-electron chi connectivity index (χ1n) is 3.71. The number of H-pyrrole nitrogens is 1. The Balaban J connectivity index is 2.87. The molecule has 1 aromatic heterocycles. The van der Waals surface area contributed by atoms with Gasteiger partial charge in [-0.1, -0.05) is 11.6 Å². The number of rotatable bonds is 0. The van der Waals surface area contributed by atoms with Crippen LogP contribution >= 0.6 is 12.2 Å². The van der Waals surface area contributed by atoms with E-state index in [9.17, 15) is 0 Å². The number of hydrogen-bond acceptors (Lipinski definition) is 2. The van der Waals surface area contributed by atoms with Crippen LogP contribution in [-0.2, 0) is 0 Å². The van der Waals surface area contributed by atoms with E-state index < -0.39 is 0 Å². The molecule has 1 aromatic carbocycles. The molecule has 0 saturated carbocycles. The second-order valence-electron chi connectivity index (χ2n) is 2.78. The smallest absolute Gasteiger partial charge is 0.197 e. The van der Waals surface area contributed by atoms with Crippen molar-refractivity contribution in [3.63, 3.8) is 0 Å². The van der Waals surface area contributed by atoms with Crippen LogP contribution in [0.1, 0.15) is 5.56 Å². The Morgan fingerprint density at radius 3 is 3.08 bits per heavy atom. The van der Waals surface area contributed by atoms with Gasteiger partial charge in [-0.25, -0.2) is 4.98 Å². The summed E-state index contributed by atoms with van der Waals surface area (Å²) < 4.78 is 0.534. The van der Waals surface area contributed by atoms with Gasteiger partial charge in [0.1, 0.15) is 0 Å². The van der Waals surface area contributed by atoms with Crippen molar-refractivity contribution in [1.29, 1.82) is 0 Å². The van der Waals surface area contributed by atoms with Gasteiger partial charge in [-0.2, -0.15) is 0 Å². The van der Waals surface area contributed by atoms with Crippen LogP contribution in [0.25, 0.3) is 10.9 Å². The Morgan fingerprint density at radius 2 is 2.25 bits per heavy atom. The molecule has 0 aliphatic carbocycles. The Labute approximate surface area is 75.3 Å². The summed E-state index contributed by atoms with van der Waals surface area (Å²) in [7, 11) is 0. The molecule has 2 aromatic rings. The van der Waals surface area contributed by atoms with E-state index in [1.807, 2.05) is 12.1 Å². The molecule has 12 heavy (non-hydrogen) atoms. The normalized spacial score (nSPS) is 10.4. The Morgan fingerprint density at radius 1 is 1.42 bits per heavy atom. The van der Waals surface area contributed by atoms with Crippen molar-refractivity contribution >= 4 is 23.1 Å². The first-order valence-corrected chi connectivity index (χ1v) is 4.12. The van der Waals surface area contributed by atoms with Crippen molar-refractivity contribution in [2.75, 3.05) is 0 Å². The highest BCUT2D eigenvalue weighted by Crippen LogP contribution is 2.11. The van der Waals surface area contributed by atoms with Crippen LogP contribution in [0.2, 0.25) is 0 Å². The quantitative estimate of drug-likeness (QED) is 0.625. The first kappa shape index (κ1) is 7.43. The zero-order chi connectivity index (χ0) is 8.55. The molecule has 60 valence electrons. The van der Waals surface area contributed by atoms with Crippen LogP contribution in [0.15, 0.2) is 24.4 Å². The summed E-state index contributed by atoms with van der Waals surface area (Å²) in [5.41, 5.74) is 2.27. The van der Waals surface area contributed by atoms with Crippen molar-refractivity contribution in [1.82, 2.24) is 9.97 Å². The second-order valence-corrected chi connectivity index (χ2v) is 3.17. The molecule has 3 heteroatoms. The molecule has 0 spiro atoms. The van der Waals surface area contributed by atoms with Crippen LogP contribution in [0, 0.1) is 11.7 Å². The van der Waals surface area contributed by atoms with Crippen LogP contribution < -0.4 is 0 Å². The SMILES string of the molecule is Cc1ccc2[nH]c(=S)ncc2c1. The summed E-state index contributed by atoms with van der Waals surface area (Å²) >= 11 is 4.91. The van der Waals surface area contributed by atoms with Gasteiger partial charge in [0.15, 0.2) is 4.77 Å². The van der Waals surface area contributed by atoms with E-state index in [2.05, 4.69) is 23.0 Å². The first-order chi connectivity index (χ1) is 5.75. The molecule has 0 atom stereocenters. The number of nitrogens with one attached hydrogen (secondary N) is 1. The van der Waals surface area contributed by atoms with Gasteiger partial charge in [0.05, 0.1) is 0 Å². The van der Waals surface area contributed by atoms with E-state index in [4.69, 9.17) is 12.2 Å². The molecule has 0 unspecified atom stereocenters. The number of nitrogens with zero attached hydrogens (tertiary/aromatic N) is 1. The molecule has 0 bridgehead atoms. The summed E-state index contributed by atoms with van der Waals surface area (Å²) in [5, 5.41) is 1.10. The van der Waals surface area contributed by atoms with E-state index >= 15 is 0 Å². The van der Waals surface area contributed by atoms with E-state index in [0.29, 0.717) is 4.77 Å². The van der Waals surface area contributed by atoms with Gasteiger partial charge in [0.2, 0.25) is 0 Å². The average Bonchev–Trinajstić information content (AvgIpc) is 2.05. The number of aryl methyl sites for hydroxylation is 1. The maximum atomic E-state index is 4.91. The van der Waals surface area contributed by atoms with Gasteiger partial charge in [-0.05, 0) is 31.3 Å². The predicted molar refractivity (Wildman–Crippen MR) is 51.7 cm³/mol. The number of benzene rings is 1. The minimum absolute atomic E-state index is 0.534. The lowest BCUT2D eigenvalue weighted by atomic mass is 10.2. The second kappa shape index (κ2) is 2.68. The standard InChI is InChI=1S/C9H8N2S/c1-6-2-3-8-7(4-6)5-10-9(12)11-8/h2-5H,1H3,(H,10,11,12). The molecule has 0 fully saturated rings. The number of aromatic amines is 1. The molecule has 1 heterocycles. The van der Waals surface area contributed by atoms with Crippen molar-refractivity contribution in [2.45, 2.75) is 6.92 Å². The monoisotopic (exact) mass is 176 g/mol. The maximum Gasteiger partial charge on any atom is 0.197 e. The molecule has 1 N–H and O–H groups in total. The largest absolute Gasteiger partial charge is 0.330 e. The number of fused-ring (bicyclic) bond motifs is 1. The molecular weight excluding hydrogens is 168 g/mol. The minimum Gasteiger partial charge on any atom is -0.330 e. The fraction of sp³-hybridized carbons (Fsp3) is 0.111. The van der Waals surface area contributed by atoms with Gasteiger partial charge >= 0.3 is 0 Å². The van der Waals surface area contributed by atoms with Gasteiger partial charge in [-0.15, -0.1) is 0 Å². The molecule has 0 amide bonds.